The van der Waals surface area contributed by atoms with Gasteiger partial charge in [-0.1, -0.05) is 18.2 Å². The second kappa shape index (κ2) is 5.32. The predicted molar refractivity (Wildman–Crippen MR) is 80.3 cm³/mol. The number of rotatable bonds is 4. The van der Waals surface area contributed by atoms with Crippen LogP contribution in [0.15, 0.2) is 29.1 Å². The zero-order chi connectivity index (χ0) is 14.1. The lowest BCUT2D eigenvalue weighted by atomic mass is 10.0. The van der Waals surface area contributed by atoms with Crippen molar-refractivity contribution < 1.29 is 9.90 Å². The van der Waals surface area contributed by atoms with Gasteiger partial charge in [0.2, 0.25) is 0 Å². The molecule has 0 spiro atoms. The second-order valence-corrected chi connectivity index (χ2v) is 5.96. The zero-order valence-corrected chi connectivity index (χ0v) is 11.8. The Morgan fingerprint density at radius 3 is 3.05 bits per heavy atom. The Hall–Kier alpha value is -1.75. The summed E-state index contributed by atoms with van der Waals surface area (Å²) in [4.78, 5) is 23.0. The highest BCUT2D eigenvalue weighted by atomic mass is 32.2. The number of aliphatic carboxylic acids is 1. The van der Waals surface area contributed by atoms with Crippen LogP contribution in [0.5, 0.6) is 0 Å². The molecule has 0 aliphatic carbocycles. The number of aryl methyl sites for hydroxylation is 2. The van der Waals surface area contributed by atoms with E-state index in [1.54, 1.807) is 0 Å². The van der Waals surface area contributed by atoms with Crippen LogP contribution in [0.4, 0.5) is 0 Å². The minimum Gasteiger partial charge on any atom is -0.481 e. The van der Waals surface area contributed by atoms with Crippen molar-refractivity contribution in [2.75, 3.05) is 5.75 Å². The quantitative estimate of drug-likeness (QED) is 0.938. The molecule has 1 aromatic carbocycles. The number of hydrogen-bond acceptors (Lipinski definition) is 3. The van der Waals surface area contributed by atoms with Gasteiger partial charge in [0.25, 0.3) is 5.56 Å². The van der Waals surface area contributed by atoms with E-state index in [2.05, 4.69) is 6.07 Å². The lowest BCUT2D eigenvalue weighted by molar-refractivity contribution is -0.133. The van der Waals surface area contributed by atoms with E-state index in [1.165, 1.54) is 17.3 Å². The maximum absolute atomic E-state index is 12.5. The van der Waals surface area contributed by atoms with Crippen molar-refractivity contribution in [1.29, 1.82) is 0 Å². The molecule has 1 N–H and O–H groups in total. The number of thioether (sulfide) groups is 1. The topological polar surface area (TPSA) is 59.3 Å². The molecule has 0 atom stereocenters. The van der Waals surface area contributed by atoms with Crippen LogP contribution in [0, 0.1) is 0 Å². The number of aromatic nitrogens is 1. The average molecular weight is 289 g/mol. The van der Waals surface area contributed by atoms with E-state index < -0.39 is 5.97 Å². The first-order chi connectivity index (χ1) is 9.66. The summed E-state index contributed by atoms with van der Waals surface area (Å²) in [5, 5.41) is 9.75. The predicted octanol–water partition coefficient (Wildman–Crippen LogP) is 2.27. The van der Waals surface area contributed by atoms with Crippen molar-refractivity contribution in [2.24, 2.45) is 0 Å². The lowest BCUT2D eigenvalue weighted by Gasteiger charge is -2.20. The third-order valence-corrected chi connectivity index (χ3v) is 4.55. The molecule has 4 nitrogen and oxygen atoms in total. The van der Waals surface area contributed by atoms with Gasteiger partial charge in [0.05, 0.1) is 11.3 Å². The van der Waals surface area contributed by atoms with Crippen LogP contribution < -0.4 is 5.56 Å². The molecule has 1 aliphatic rings. The highest BCUT2D eigenvalue weighted by molar-refractivity contribution is 7.99. The van der Waals surface area contributed by atoms with Crippen molar-refractivity contribution in [2.45, 2.75) is 25.1 Å². The molecule has 0 amide bonds. The van der Waals surface area contributed by atoms with Gasteiger partial charge in [-0.25, -0.2) is 0 Å². The van der Waals surface area contributed by atoms with E-state index in [0.29, 0.717) is 11.3 Å². The first-order valence-electron chi connectivity index (χ1n) is 6.60. The minimum atomic E-state index is -0.848. The van der Waals surface area contributed by atoms with Crippen LogP contribution in [0.2, 0.25) is 0 Å². The number of carboxylic acids is 1. The van der Waals surface area contributed by atoms with Gasteiger partial charge in [-0.2, -0.15) is 0 Å². The maximum atomic E-state index is 12.5. The zero-order valence-electron chi connectivity index (χ0n) is 11.0. The Balaban J connectivity index is 2.05. The standard InChI is InChI=1S/C15H15NO3S/c17-13(18)9-20-8-12-7-11-4-1-3-10-5-2-6-16(14(10)11)15(12)19/h1,3-4,7H,2,5-6,8-9H2,(H,17,18). The van der Waals surface area contributed by atoms with Gasteiger partial charge >= 0.3 is 5.97 Å². The summed E-state index contributed by atoms with van der Waals surface area (Å²) in [7, 11) is 0. The van der Waals surface area contributed by atoms with Crippen LogP contribution >= 0.6 is 11.8 Å². The third-order valence-electron chi connectivity index (χ3n) is 3.58. The van der Waals surface area contributed by atoms with Crippen molar-refractivity contribution in [1.82, 2.24) is 4.57 Å². The van der Waals surface area contributed by atoms with E-state index in [1.807, 2.05) is 22.8 Å². The molecule has 5 heteroatoms. The molecule has 2 heterocycles. The molecule has 20 heavy (non-hydrogen) atoms. The summed E-state index contributed by atoms with van der Waals surface area (Å²) in [6.07, 6.45) is 2.00. The van der Waals surface area contributed by atoms with Gasteiger partial charge in [0.15, 0.2) is 0 Å². The number of carbonyl (C=O) groups is 1. The molecule has 104 valence electrons. The Bertz CT molecular complexity index is 736. The van der Waals surface area contributed by atoms with Gasteiger partial charge < -0.3 is 9.67 Å². The van der Waals surface area contributed by atoms with Gasteiger partial charge in [-0.05, 0) is 29.9 Å². The molecule has 0 saturated carbocycles. The largest absolute Gasteiger partial charge is 0.481 e. The van der Waals surface area contributed by atoms with E-state index in [9.17, 15) is 9.59 Å². The third kappa shape index (κ3) is 2.33. The first kappa shape index (κ1) is 13.2. The highest BCUT2D eigenvalue weighted by Crippen LogP contribution is 2.24. The fourth-order valence-electron chi connectivity index (χ4n) is 2.78. The monoisotopic (exact) mass is 289 g/mol. The molecular formula is C15H15NO3S. The molecular weight excluding hydrogens is 274 g/mol. The number of para-hydroxylation sites is 1. The number of pyridine rings is 1. The fraction of sp³-hybridized carbons (Fsp3) is 0.333. The van der Waals surface area contributed by atoms with Crippen molar-refractivity contribution >= 4 is 28.6 Å². The highest BCUT2D eigenvalue weighted by Gasteiger charge is 2.16. The molecule has 1 aliphatic heterocycles. The van der Waals surface area contributed by atoms with Crippen molar-refractivity contribution in [3.05, 3.63) is 45.7 Å². The number of carboxylic acid groups (broad SMARTS) is 1. The average Bonchev–Trinajstić information content (AvgIpc) is 2.44. The van der Waals surface area contributed by atoms with E-state index in [0.717, 1.165) is 30.3 Å². The molecule has 1 aromatic heterocycles. The summed E-state index contributed by atoms with van der Waals surface area (Å²) in [6.45, 7) is 0.754. The first-order valence-corrected chi connectivity index (χ1v) is 7.76. The summed E-state index contributed by atoms with van der Waals surface area (Å²) in [6, 6.07) is 8.03. The smallest absolute Gasteiger partial charge is 0.313 e. The van der Waals surface area contributed by atoms with Crippen LogP contribution in [0.1, 0.15) is 17.5 Å². The molecule has 2 aromatic rings. The van der Waals surface area contributed by atoms with Crippen LogP contribution in [-0.2, 0) is 23.5 Å². The molecule has 0 fully saturated rings. The van der Waals surface area contributed by atoms with Gasteiger partial charge in [0.1, 0.15) is 0 Å². The van der Waals surface area contributed by atoms with Gasteiger partial charge in [-0.3, -0.25) is 9.59 Å². The van der Waals surface area contributed by atoms with Crippen LogP contribution in [-0.4, -0.2) is 21.4 Å². The molecule has 0 unspecified atom stereocenters. The Kier molecular flexibility index (Phi) is 3.53. The van der Waals surface area contributed by atoms with E-state index in [4.69, 9.17) is 5.11 Å². The van der Waals surface area contributed by atoms with Crippen LogP contribution in [0.25, 0.3) is 10.9 Å². The minimum absolute atomic E-state index is 0.0253. The summed E-state index contributed by atoms with van der Waals surface area (Å²) in [5.41, 5.74) is 3.01. The van der Waals surface area contributed by atoms with Crippen molar-refractivity contribution in [3.8, 4) is 0 Å². The summed E-state index contributed by atoms with van der Waals surface area (Å²) >= 11 is 1.27. The maximum Gasteiger partial charge on any atom is 0.313 e. The summed E-state index contributed by atoms with van der Waals surface area (Å²) < 4.78 is 1.85. The van der Waals surface area contributed by atoms with Crippen molar-refractivity contribution in [3.63, 3.8) is 0 Å². The molecule has 0 bridgehead atoms. The Labute approximate surface area is 120 Å². The van der Waals surface area contributed by atoms with Gasteiger partial charge in [-0.15, -0.1) is 11.8 Å². The normalized spacial score (nSPS) is 13.6. The summed E-state index contributed by atoms with van der Waals surface area (Å²) in [5.74, 6) is -0.373. The number of benzene rings is 1. The second-order valence-electron chi connectivity index (χ2n) is 4.97. The molecule has 3 rings (SSSR count). The fourth-order valence-corrected chi connectivity index (χ4v) is 3.48. The Morgan fingerprint density at radius 1 is 1.40 bits per heavy atom. The van der Waals surface area contributed by atoms with E-state index >= 15 is 0 Å². The molecule has 0 radical (unpaired) electrons. The SMILES string of the molecule is O=C(O)CSCc1cc2cccc3c2n(c1=O)CCC3. The van der Waals surface area contributed by atoms with Crippen LogP contribution in [0.3, 0.4) is 0 Å². The van der Waals surface area contributed by atoms with E-state index in [-0.39, 0.29) is 11.3 Å². The number of hydrogen-bond donors (Lipinski definition) is 1. The Morgan fingerprint density at radius 2 is 2.25 bits per heavy atom. The van der Waals surface area contributed by atoms with Gasteiger partial charge in [0, 0.05) is 17.9 Å². The molecule has 0 saturated heterocycles. The lowest BCUT2D eigenvalue weighted by Crippen LogP contribution is -2.27. The number of nitrogens with zero attached hydrogens (tertiary/aromatic N) is 1.